The number of nitrogens with one attached hydrogen (secondary N) is 2. The largest absolute Gasteiger partial charge is 0.273 e. The molecule has 0 radical (unpaired) electrons. The zero-order valence-corrected chi connectivity index (χ0v) is 13.7. The first-order valence-corrected chi connectivity index (χ1v) is 9.05. The highest BCUT2D eigenvalue weighted by Crippen LogP contribution is 2.49. The number of hydrogen-bond donors (Lipinski definition) is 2. The van der Waals surface area contributed by atoms with Crippen LogP contribution in [-0.4, -0.2) is 17.6 Å². The summed E-state index contributed by atoms with van der Waals surface area (Å²) in [7, 11) is 0. The van der Waals surface area contributed by atoms with E-state index in [1.54, 1.807) is 18.2 Å². The minimum atomic E-state index is -0.342. The fourth-order valence-corrected chi connectivity index (χ4v) is 4.54. The van der Waals surface area contributed by atoms with Gasteiger partial charge in [-0.15, -0.1) is 11.8 Å². The molecule has 2 aliphatic carbocycles. The highest BCUT2D eigenvalue weighted by Gasteiger charge is 2.40. The summed E-state index contributed by atoms with van der Waals surface area (Å²) < 4.78 is 13.4. The van der Waals surface area contributed by atoms with Gasteiger partial charge in [-0.1, -0.05) is 18.6 Å². The topological polar surface area (TPSA) is 58.2 Å². The summed E-state index contributed by atoms with van der Waals surface area (Å²) in [5.74, 6) is 1.23. The highest BCUT2D eigenvalue weighted by atomic mass is 32.2. The molecular weight excluding hydrogens is 315 g/mol. The second-order valence-corrected chi connectivity index (χ2v) is 7.47. The number of hydrogen-bond acceptors (Lipinski definition) is 3. The Balaban J connectivity index is 1.35. The maximum atomic E-state index is 13.4. The molecule has 0 aromatic heterocycles. The van der Waals surface area contributed by atoms with Gasteiger partial charge in [0.2, 0.25) is 11.8 Å². The van der Waals surface area contributed by atoms with Gasteiger partial charge in [0, 0.05) is 11.3 Å². The van der Waals surface area contributed by atoms with E-state index in [0.717, 1.165) is 24.1 Å². The molecule has 0 spiro atoms. The van der Waals surface area contributed by atoms with Gasteiger partial charge in [0.15, 0.2) is 0 Å². The van der Waals surface area contributed by atoms with Crippen molar-refractivity contribution in [3.05, 3.63) is 30.1 Å². The standard InChI is InChI=1S/C17H21FN2O2S/c18-14-3-1-2-4-15(14)23-10-17(22)20-19-16(21)9-13-8-11-5-6-12(13)7-11/h1-4,11-13H,5-10H2,(H,19,21)(H,20,22)/t11-,12+,13+/m0/s1. The van der Waals surface area contributed by atoms with Crippen molar-refractivity contribution in [2.75, 3.05) is 5.75 Å². The molecule has 3 rings (SSSR count). The van der Waals surface area contributed by atoms with E-state index in [-0.39, 0.29) is 23.4 Å². The molecule has 1 aromatic rings. The molecule has 3 atom stereocenters. The Hall–Kier alpha value is -1.56. The first kappa shape index (κ1) is 16.3. The van der Waals surface area contributed by atoms with Crippen molar-refractivity contribution in [2.45, 2.75) is 37.0 Å². The van der Waals surface area contributed by atoms with E-state index in [0.29, 0.717) is 23.2 Å². The SMILES string of the molecule is O=C(CSc1ccccc1F)NNC(=O)C[C@H]1C[C@H]2CC[C@@H]1C2. The van der Waals surface area contributed by atoms with Gasteiger partial charge in [0.1, 0.15) is 5.82 Å². The lowest BCUT2D eigenvalue weighted by atomic mass is 9.86. The quantitative estimate of drug-likeness (QED) is 0.642. The minimum absolute atomic E-state index is 0.0648. The summed E-state index contributed by atoms with van der Waals surface area (Å²) in [5, 5.41) is 0. The molecule has 2 bridgehead atoms. The van der Waals surface area contributed by atoms with E-state index in [2.05, 4.69) is 10.9 Å². The van der Waals surface area contributed by atoms with E-state index in [1.807, 2.05) is 0 Å². The van der Waals surface area contributed by atoms with Crippen molar-refractivity contribution in [3.63, 3.8) is 0 Å². The number of hydrazine groups is 1. The van der Waals surface area contributed by atoms with E-state index < -0.39 is 0 Å². The van der Waals surface area contributed by atoms with Crippen LogP contribution in [-0.2, 0) is 9.59 Å². The first-order valence-electron chi connectivity index (χ1n) is 8.07. The summed E-state index contributed by atoms with van der Waals surface area (Å²) in [6.07, 6.45) is 5.46. The highest BCUT2D eigenvalue weighted by molar-refractivity contribution is 8.00. The molecule has 2 fully saturated rings. The average Bonchev–Trinajstić information content (AvgIpc) is 3.15. The molecule has 2 N–H and O–H groups in total. The lowest BCUT2D eigenvalue weighted by molar-refractivity contribution is -0.128. The van der Waals surface area contributed by atoms with Crippen LogP contribution < -0.4 is 10.9 Å². The smallest absolute Gasteiger partial charge is 0.248 e. The van der Waals surface area contributed by atoms with Gasteiger partial charge in [-0.05, 0) is 49.1 Å². The monoisotopic (exact) mass is 336 g/mol. The van der Waals surface area contributed by atoms with Crippen LogP contribution in [0.1, 0.15) is 32.1 Å². The molecule has 2 saturated carbocycles. The average molecular weight is 336 g/mol. The van der Waals surface area contributed by atoms with Crippen molar-refractivity contribution >= 4 is 23.6 Å². The van der Waals surface area contributed by atoms with Gasteiger partial charge < -0.3 is 0 Å². The van der Waals surface area contributed by atoms with E-state index in [4.69, 9.17) is 0 Å². The fraction of sp³-hybridized carbons (Fsp3) is 0.529. The number of fused-ring (bicyclic) bond motifs is 2. The maximum Gasteiger partial charge on any atom is 0.248 e. The number of rotatable bonds is 5. The van der Waals surface area contributed by atoms with Crippen LogP contribution >= 0.6 is 11.8 Å². The van der Waals surface area contributed by atoms with Crippen molar-refractivity contribution in [1.29, 1.82) is 0 Å². The molecule has 0 aliphatic heterocycles. The molecule has 0 heterocycles. The molecule has 0 saturated heterocycles. The Labute approximate surface area is 139 Å². The number of thioether (sulfide) groups is 1. The van der Waals surface area contributed by atoms with Gasteiger partial charge in [-0.25, -0.2) is 4.39 Å². The van der Waals surface area contributed by atoms with Crippen molar-refractivity contribution in [2.24, 2.45) is 17.8 Å². The van der Waals surface area contributed by atoms with Crippen molar-refractivity contribution in [1.82, 2.24) is 10.9 Å². The van der Waals surface area contributed by atoms with E-state index in [1.165, 1.54) is 25.3 Å². The molecule has 2 aliphatic rings. The second kappa shape index (κ2) is 7.34. The third-order valence-corrected chi connectivity index (χ3v) is 5.92. The van der Waals surface area contributed by atoms with Gasteiger partial charge >= 0.3 is 0 Å². The number of amides is 2. The lowest BCUT2D eigenvalue weighted by Gasteiger charge is -2.20. The normalized spacial score (nSPS) is 25.3. The molecular formula is C17H21FN2O2S. The van der Waals surface area contributed by atoms with Crippen LogP contribution in [0.25, 0.3) is 0 Å². The van der Waals surface area contributed by atoms with Gasteiger partial charge in [-0.3, -0.25) is 20.4 Å². The summed E-state index contributed by atoms with van der Waals surface area (Å²) in [4.78, 5) is 24.1. The molecule has 2 amide bonds. The third-order valence-electron chi connectivity index (χ3n) is 4.87. The van der Waals surface area contributed by atoms with Crippen LogP contribution in [0.3, 0.4) is 0 Å². The van der Waals surface area contributed by atoms with Gasteiger partial charge in [0.05, 0.1) is 5.75 Å². The number of benzene rings is 1. The van der Waals surface area contributed by atoms with E-state index in [9.17, 15) is 14.0 Å². The molecule has 23 heavy (non-hydrogen) atoms. The Kier molecular flexibility index (Phi) is 5.20. The zero-order valence-electron chi connectivity index (χ0n) is 12.9. The predicted octanol–water partition coefficient (Wildman–Crippen LogP) is 2.89. The number of halogens is 1. The minimum Gasteiger partial charge on any atom is -0.273 e. The number of carbonyl (C=O) groups is 2. The van der Waals surface area contributed by atoms with Crippen LogP contribution in [0.5, 0.6) is 0 Å². The zero-order chi connectivity index (χ0) is 16.2. The molecule has 1 aromatic carbocycles. The Morgan fingerprint density at radius 2 is 1.91 bits per heavy atom. The van der Waals surface area contributed by atoms with Crippen molar-refractivity contribution in [3.8, 4) is 0 Å². The van der Waals surface area contributed by atoms with E-state index >= 15 is 0 Å². The Morgan fingerprint density at radius 3 is 2.61 bits per heavy atom. The second-order valence-electron chi connectivity index (χ2n) is 6.45. The third kappa shape index (κ3) is 4.25. The van der Waals surface area contributed by atoms with Gasteiger partial charge in [-0.2, -0.15) is 0 Å². The predicted molar refractivity (Wildman–Crippen MR) is 87.0 cm³/mol. The fourth-order valence-electron chi connectivity index (χ4n) is 3.80. The molecule has 6 heteroatoms. The maximum absolute atomic E-state index is 13.4. The summed E-state index contributed by atoms with van der Waals surface area (Å²) >= 11 is 1.11. The number of carbonyl (C=O) groups excluding carboxylic acids is 2. The van der Waals surface area contributed by atoms with Crippen LogP contribution in [0, 0.1) is 23.6 Å². The lowest BCUT2D eigenvalue weighted by Crippen LogP contribution is -2.43. The summed E-state index contributed by atoms with van der Waals surface area (Å²) in [5.41, 5.74) is 4.88. The summed E-state index contributed by atoms with van der Waals surface area (Å²) in [6.45, 7) is 0. The van der Waals surface area contributed by atoms with Crippen LogP contribution in [0.2, 0.25) is 0 Å². The van der Waals surface area contributed by atoms with Gasteiger partial charge in [0.25, 0.3) is 0 Å². The Bertz CT molecular complexity index is 596. The Morgan fingerprint density at radius 1 is 1.13 bits per heavy atom. The van der Waals surface area contributed by atoms with Crippen LogP contribution in [0.4, 0.5) is 4.39 Å². The summed E-state index contributed by atoms with van der Waals surface area (Å²) in [6, 6.07) is 6.31. The molecule has 0 unspecified atom stereocenters. The van der Waals surface area contributed by atoms with Crippen molar-refractivity contribution < 1.29 is 14.0 Å². The molecule has 4 nitrogen and oxygen atoms in total. The first-order chi connectivity index (χ1) is 11.1. The molecule has 124 valence electrons. The van der Waals surface area contributed by atoms with Crippen LogP contribution in [0.15, 0.2) is 29.2 Å².